The second-order valence-electron chi connectivity index (χ2n) is 5.71. The van der Waals surface area contributed by atoms with E-state index in [1.807, 2.05) is 44.2 Å². The van der Waals surface area contributed by atoms with Crippen LogP contribution in [0.15, 0.2) is 30.3 Å². The van der Waals surface area contributed by atoms with Crippen LogP contribution in [0.3, 0.4) is 0 Å². The molecule has 0 aliphatic rings. The van der Waals surface area contributed by atoms with E-state index in [0.717, 1.165) is 5.56 Å². The Labute approximate surface area is 137 Å². The van der Waals surface area contributed by atoms with E-state index in [1.165, 1.54) is 4.90 Å². The van der Waals surface area contributed by atoms with Crippen molar-refractivity contribution >= 4 is 12.0 Å². The molecule has 2 amide bonds. The molecule has 0 aliphatic heterocycles. The lowest BCUT2D eigenvalue weighted by molar-refractivity contribution is -0.127. The van der Waals surface area contributed by atoms with E-state index < -0.39 is 12.1 Å². The number of nitrogens with one attached hydrogen (secondary N) is 1. The monoisotopic (exact) mass is 322 g/mol. The fourth-order valence-electron chi connectivity index (χ4n) is 2.26. The third-order valence-corrected chi connectivity index (χ3v) is 3.44. The first-order valence-electron chi connectivity index (χ1n) is 7.79. The molecule has 1 rings (SSSR count). The summed E-state index contributed by atoms with van der Waals surface area (Å²) in [6.07, 6.45) is -0.0523. The van der Waals surface area contributed by atoms with Crippen molar-refractivity contribution in [3.8, 4) is 0 Å². The standard InChI is InChI=1S/C17H26N2O4/c1-13(2)15(16(21)18-10-7-11-20)19(3)17(22)23-12-14-8-5-4-6-9-14/h4-6,8-9,13,15,20H,7,10-12H2,1-3H3,(H,18,21)/t15-/m0/s1. The number of hydrogen-bond acceptors (Lipinski definition) is 4. The number of hydrogen-bond donors (Lipinski definition) is 2. The van der Waals surface area contributed by atoms with Gasteiger partial charge in [0.15, 0.2) is 0 Å². The Morgan fingerprint density at radius 3 is 2.48 bits per heavy atom. The van der Waals surface area contributed by atoms with E-state index >= 15 is 0 Å². The fourth-order valence-corrected chi connectivity index (χ4v) is 2.26. The van der Waals surface area contributed by atoms with Gasteiger partial charge in [0, 0.05) is 20.2 Å². The van der Waals surface area contributed by atoms with Crippen molar-refractivity contribution in [3.63, 3.8) is 0 Å². The Bertz CT molecular complexity index is 491. The molecule has 0 spiro atoms. The Kier molecular flexibility index (Phi) is 8.11. The molecule has 0 unspecified atom stereocenters. The van der Waals surface area contributed by atoms with Crippen LogP contribution in [-0.4, -0.2) is 48.2 Å². The Morgan fingerprint density at radius 2 is 1.91 bits per heavy atom. The molecule has 6 heteroatoms. The Hall–Kier alpha value is -2.08. The van der Waals surface area contributed by atoms with Crippen LogP contribution in [0, 0.1) is 5.92 Å². The van der Waals surface area contributed by atoms with Gasteiger partial charge in [0.1, 0.15) is 12.6 Å². The molecule has 1 atom stereocenters. The van der Waals surface area contributed by atoms with Gasteiger partial charge in [-0.25, -0.2) is 4.79 Å². The van der Waals surface area contributed by atoms with Gasteiger partial charge in [0.05, 0.1) is 0 Å². The molecule has 0 saturated carbocycles. The van der Waals surface area contributed by atoms with Crippen molar-refractivity contribution in [2.24, 2.45) is 5.92 Å². The number of aliphatic hydroxyl groups is 1. The fraction of sp³-hybridized carbons (Fsp3) is 0.529. The maximum atomic E-state index is 12.2. The number of carbonyl (C=O) groups excluding carboxylic acids is 2. The Balaban J connectivity index is 2.59. The van der Waals surface area contributed by atoms with Crippen LogP contribution in [0.25, 0.3) is 0 Å². The molecule has 6 nitrogen and oxygen atoms in total. The van der Waals surface area contributed by atoms with Crippen molar-refractivity contribution in [2.75, 3.05) is 20.2 Å². The van der Waals surface area contributed by atoms with E-state index in [0.29, 0.717) is 13.0 Å². The van der Waals surface area contributed by atoms with Crippen molar-refractivity contribution in [3.05, 3.63) is 35.9 Å². The molecule has 0 heterocycles. The quantitative estimate of drug-likeness (QED) is 0.715. The third kappa shape index (κ3) is 6.28. The van der Waals surface area contributed by atoms with E-state index in [-0.39, 0.29) is 25.0 Å². The van der Waals surface area contributed by atoms with Crippen molar-refractivity contribution < 1.29 is 19.4 Å². The number of amides is 2. The predicted octanol–water partition coefficient (Wildman–Crippen LogP) is 1.78. The minimum Gasteiger partial charge on any atom is -0.445 e. The number of benzene rings is 1. The van der Waals surface area contributed by atoms with Crippen molar-refractivity contribution in [1.29, 1.82) is 0 Å². The van der Waals surface area contributed by atoms with Gasteiger partial charge in [0.25, 0.3) is 0 Å². The van der Waals surface area contributed by atoms with Gasteiger partial charge >= 0.3 is 6.09 Å². The number of rotatable bonds is 8. The van der Waals surface area contributed by atoms with Crippen molar-refractivity contribution in [2.45, 2.75) is 32.9 Å². The minimum absolute atomic E-state index is 0.0155. The molecule has 0 aliphatic carbocycles. The van der Waals surface area contributed by atoms with Gasteiger partial charge in [-0.05, 0) is 17.9 Å². The lowest BCUT2D eigenvalue weighted by atomic mass is 10.0. The van der Waals surface area contributed by atoms with Gasteiger partial charge in [-0.3, -0.25) is 9.69 Å². The molecule has 1 aromatic rings. The van der Waals surface area contributed by atoms with Gasteiger partial charge in [-0.1, -0.05) is 44.2 Å². The van der Waals surface area contributed by atoms with Crippen LogP contribution < -0.4 is 5.32 Å². The number of aliphatic hydroxyl groups excluding tert-OH is 1. The molecule has 128 valence electrons. The largest absolute Gasteiger partial charge is 0.445 e. The lowest BCUT2D eigenvalue weighted by Crippen LogP contribution is -2.50. The smallest absolute Gasteiger partial charge is 0.410 e. The van der Waals surface area contributed by atoms with Crippen LogP contribution in [0.1, 0.15) is 25.8 Å². The minimum atomic E-state index is -0.614. The topological polar surface area (TPSA) is 78.9 Å². The maximum Gasteiger partial charge on any atom is 0.410 e. The van der Waals surface area contributed by atoms with E-state index in [4.69, 9.17) is 9.84 Å². The van der Waals surface area contributed by atoms with Crippen molar-refractivity contribution in [1.82, 2.24) is 10.2 Å². The zero-order chi connectivity index (χ0) is 17.2. The van der Waals surface area contributed by atoms with Crippen LogP contribution >= 0.6 is 0 Å². The first-order valence-corrected chi connectivity index (χ1v) is 7.79. The number of nitrogens with zero attached hydrogens (tertiary/aromatic N) is 1. The number of likely N-dealkylation sites (N-methyl/N-ethyl adjacent to an activating group) is 1. The summed E-state index contributed by atoms with van der Waals surface area (Å²) in [7, 11) is 1.56. The summed E-state index contributed by atoms with van der Waals surface area (Å²) < 4.78 is 5.26. The molecule has 2 N–H and O–H groups in total. The van der Waals surface area contributed by atoms with Crippen LogP contribution in [0.2, 0.25) is 0 Å². The molecular formula is C17H26N2O4. The average molecular weight is 322 g/mol. The molecule has 0 bridgehead atoms. The molecular weight excluding hydrogens is 296 g/mol. The van der Waals surface area contributed by atoms with Gasteiger partial charge in [0.2, 0.25) is 5.91 Å². The van der Waals surface area contributed by atoms with E-state index in [1.54, 1.807) is 7.05 Å². The third-order valence-electron chi connectivity index (χ3n) is 3.44. The zero-order valence-electron chi connectivity index (χ0n) is 14.0. The second-order valence-corrected chi connectivity index (χ2v) is 5.71. The Morgan fingerprint density at radius 1 is 1.26 bits per heavy atom. The summed E-state index contributed by atoms with van der Waals surface area (Å²) in [5.74, 6) is -0.300. The summed E-state index contributed by atoms with van der Waals surface area (Å²) >= 11 is 0. The summed E-state index contributed by atoms with van der Waals surface area (Å²) in [6.45, 7) is 4.31. The number of carbonyl (C=O) groups is 2. The second kappa shape index (κ2) is 9.84. The first-order chi connectivity index (χ1) is 11.0. The maximum absolute atomic E-state index is 12.2. The molecule has 0 aromatic heterocycles. The highest BCUT2D eigenvalue weighted by Gasteiger charge is 2.30. The summed E-state index contributed by atoms with van der Waals surface area (Å²) in [4.78, 5) is 25.7. The lowest BCUT2D eigenvalue weighted by Gasteiger charge is -2.29. The van der Waals surface area contributed by atoms with Crippen LogP contribution in [0.4, 0.5) is 4.79 Å². The van der Waals surface area contributed by atoms with Gasteiger partial charge < -0.3 is 15.2 Å². The SMILES string of the molecule is CC(C)[C@@H](C(=O)NCCCO)N(C)C(=O)OCc1ccccc1. The van der Waals surface area contributed by atoms with Crippen LogP contribution in [-0.2, 0) is 16.1 Å². The normalized spacial score (nSPS) is 11.9. The molecule has 0 fully saturated rings. The van der Waals surface area contributed by atoms with Gasteiger partial charge in [-0.2, -0.15) is 0 Å². The zero-order valence-corrected chi connectivity index (χ0v) is 14.0. The summed E-state index contributed by atoms with van der Waals surface area (Å²) in [6, 6.07) is 8.76. The number of ether oxygens (including phenoxy) is 1. The molecule has 0 radical (unpaired) electrons. The molecule has 0 saturated heterocycles. The highest BCUT2D eigenvalue weighted by atomic mass is 16.6. The van der Waals surface area contributed by atoms with E-state index in [9.17, 15) is 9.59 Å². The predicted molar refractivity (Wildman–Crippen MR) is 87.7 cm³/mol. The summed E-state index contributed by atoms with van der Waals surface area (Å²) in [5, 5.41) is 11.5. The first kappa shape index (κ1) is 19.0. The molecule has 1 aromatic carbocycles. The average Bonchev–Trinajstić information content (AvgIpc) is 2.53. The molecule has 23 heavy (non-hydrogen) atoms. The summed E-state index contributed by atoms with van der Waals surface area (Å²) in [5.41, 5.74) is 0.891. The van der Waals surface area contributed by atoms with E-state index in [2.05, 4.69) is 5.32 Å². The highest BCUT2D eigenvalue weighted by Crippen LogP contribution is 2.12. The highest BCUT2D eigenvalue weighted by molar-refractivity contribution is 5.85. The van der Waals surface area contributed by atoms with Gasteiger partial charge in [-0.15, -0.1) is 0 Å². The van der Waals surface area contributed by atoms with Crippen LogP contribution in [0.5, 0.6) is 0 Å².